The van der Waals surface area contributed by atoms with Gasteiger partial charge < -0.3 is 10.6 Å². The fraction of sp³-hybridized carbons (Fsp3) is 0.217. The van der Waals surface area contributed by atoms with Crippen molar-refractivity contribution in [1.82, 2.24) is 9.78 Å². The first-order valence-electron chi connectivity index (χ1n) is 9.96. The number of carbonyl (C=O) groups excluding carboxylic acids is 2. The highest BCUT2D eigenvalue weighted by Crippen LogP contribution is 2.24. The van der Waals surface area contributed by atoms with Crippen LogP contribution in [0.4, 0.5) is 20.2 Å². The number of nitrogens with zero attached hydrogens (tertiary/aromatic N) is 2. The maximum absolute atomic E-state index is 13.9. The number of halogens is 2. The maximum Gasteiger partial charge on any atom is 0.267 e. The van der Waals surface area contributed by atoms with Crippen molar-refractivity contribution >= 4 is 23.2 Å². The monoisotopic (exact) mass is 440 g/mol. The van der Waals surface area contributed by atoms with Crippen molar-refractivity contribution in [1.29, 1.82) is 0 Å². The summed E-state index contributed by atoms with van der Waals surface area (Å²) in [6, 6.07) is 9.66. The first kappa shape index (κ1) is 22.8. The fourth-order valence-corrected chi connectivity index (χ4v) is 2.95. The van der Waals surface area contributed by atoms with E-state index >= 15 is 0 Å². The molecule has 7 nitrogen and oxygen atoms in total. The molecule has 32 heavy (non-hydrogen) atoms. The lowest BCUT2D eigenvalue weighted by molar-refractivity contribution is -0.119. The Labute approximate surface area is 183 Å². The number of anilines is 2. The molecule has 0 fully saturated rings. The van der Waals surface area contributed by atoms with Gasteiger partial charge in [-0.15, -0.1) is 0 Å². The van der Waals surface area contributed by atoms with Gasteiger partial charge in [-0.05, 0) is 43.7 Å². The van der Waals surface area contributed by atoms with Crippen molar-refractivity contribution in [3.63, 3.8) is 0 Å². The number of hydrogen-bond acceptors (Lipinski definition) is 4. The topological polar surface area (TPSA) is 93.1 Å². The Kier molecular flexibility index (Phi) is 6.77. The van der Waals surface area contributed by atoms with Crippen LogP contribution in [0.1, 0.15) is 31.9 Å². The molecule has 9 heteroatoms. The van der Waals surface area contributed by atoms with Crippen molar-refractivity contribution in [2.24, 2.45) is 0 Å². The SMILES string of the molecule is CCC(=O)Nc1cc(-c2ccc(=O)n(C(C)C(=O)Nc3cc(F)ccc3F)n2)ccc1C. The highest BCUT2D eigenvalue weighted by atomic mass is 19.1. The molecule has 0 bridgehead atoms. The van der Waals surface area contributed by atoms with E-state index in [4.69, 9.17) is 0 Å². The Balaban J connectivity index is 1.91. The van der Waals surface area contributed by atoms with Crippen LogP contribution in [-0.4, -0.2) is 21.6 Å². The van der Waals surface area contributed by atoms with E-state index in [2.05, 4.69) is 15.7 Å². The van der Waals surface area contributed by atoms with E-state index in [0.29, 0.717) is 23.4 Å². The number of carbonyl (C=O) groups is 2. The van der Waals surface area contributed by atoms with Gasteiger partial charge in [0.2, 0.25) is 11.8 Å². The van der Waals surface area contributed by atoms with Crippen molar-refractivity contribution in [2.45, 2.75) is 33.2 Å². The Bertz CT molecular complexity index is 1240. The molecule has 1 heterocycles. The summed E-state index contributed by atoms with van der Waals surface area (Å²) in [7, 11) is 0. The lowest BCUT2D eigenvalue weighted by atomic mass is 10.1. The first-order chi connectivity index (χ1) is 15.2. The van der Waals surface area contributed by atoms with E-state index in [1.54, 1.807) is 25.1 Å². The lowest BCUT2D eigenvalue weighted by Gasteiger charge is -2.16. The average molecular weight is 440 g/mol. The van der Waals surface area contributed by atoms with E-state index in [0.717, 1.165) is 28.4 Å². The van der Waals surface area contributed by atoms with Gasteiger partial charge in [-0.2, -0.15) is 5.10 Å². The molecule has 166 valence electrons. The van der Waals surface area contributed by atoms with Gasteiger partial charge in [-0.25, -0.2) is 13.5 Å². The molecule has 2 amide bonds. The molecule has 0 saturated carbocycles. The molecule has 1 aromatic heterocycles. The fourth-order valence-electron chi connectivity index (χ4n) is 2.95. The van der Waals surface area contributed by atoms with Crippen molar-refractivity contribution in [2.75, 3.05) is 10.6 Å². The van der Waals surface area contributed by atoms with Crippen LogP contribution in [0.15, 0.2) is 53.3 Å². The molecule has 0 radical (unpaired) electrons. The van der Waals surface area contributed by atoms with Crippen LogP contribution >= 0.6 is 0 Å². The van der Waals surface area contributed by atoms with Crippen molar-refractivity contribution < 1.29 is 18.4 Å². The highest BCUT2D eigenvalue weighted by Gasteiger charge is 2.20. The number of aryl methyl sites for hydroxylation is 1. The molecule has 0 aliphatic carbocycles. The molecule has 3 aromatic rings. The Morgan fingerprint density at radius 3 is 2.50 bits per heavy atom. The Morgan fingerprint density at radius 2 is 1.78 bits per heavy atom. The smallest absolute Gasteiger partial charge is 0.267 e. The van der Waals surface area contributed by atoms with Crippen LogP contribution < -0.4 is 16.2 Å². The van der Waals surface area contributed by atoms with Crippen LogP contribution in [0, 0.1) is 18.6 Å². The molecule has 0 aliphatic heterocycles. The van der Waals surface area contributed by atoms with Gasteiger partial charge in [0.05, 0.1) is 11.4 Å². The predicted molar refractivity (Wildman–Crippen MR) is 117 cm³/mol. The quantitative estimate of drug-likeness (QED) is 0.605. The van der Waals surface area contributed by atoms with Crippen LogP contribution in [-0.2, 0) is 9.59 Å². The third-order valence-corrected chi connectivity index (χ3v) is 4.89. The molecular formula is C23H22F2N4O3. The van der Waals surface area contributed by atoms with Crippen molar-refractivity contribution in [3.8, 4) is 11.3 Å². The zero-order valence-electron chi connectivity index (χ0n) is 17.8. The first-order valence-corrected chi connectivity index (χ1v) is 9.96. The summed E-state index contributed by atoms with van der Waals surface area (Å²) in [4.78, 5) is 36.7. The average Bonchev–Trinajstić information content (AvgIpc) is 2.77. The summed E-state index contributed by atoms with van der Waals surface area (Å²) >= 11 is 0. The summed E-state index contributed by atoms with van der Waals surface area (Å²) in [5.74, 6) is -2.39. The van der Waals surface area contributed by atoms with Gasteiger partial charge in [0, 0.05) is 29.8 Å². The molecule has 2 N–H and O–H groups in total. The van der Waals surface area contributed by atoms with Gasteiger partial charge in [-0.1, -0.05) is 19.1 Å². The second kappa shape index (κ2) is 9.51. The minimum atomic E-state index is -1.10. The molecule has 0 saturated heterocycles. The number of aromatic nitrogens is 2. The number of nitrogens with one attached hydrogen (secondary N) is 2. The molecule has 3 rings (SSSR count). The van der Waals surface area contributed by atoms with Crippen molar-refractivity contribution in [3.05, 3.63) is 76.1 Å². The predicted octanol–water partition coefficient (Wildman–Crippen LogP) is 4.05. The number of hydrogen-bond donors (Lipinski definition) is 2. The summed E-state index contributed by atoms with van der Waals surface area (Å²) in [6.45, 7) is 5.02. The van der Waals surface area contributed by atoms with E-state index in [1.165, 1.54) is 19.1 Å². The van der Waals surface area contributed by atoms with Gasteiger partial charge in [0.1, 0.15) is 17.7 Å². The third-order valence-electron chi connectivity index (χ3n) is 4.89. The van der Waals surface area contributed by atoms with Crippen LogP contribution in [0.25, 0.3) is 11.3 Å². The van der Waals surface area contributed by atoms with E-state index < -0.39 is 29.1 Å². The normalized spacial score (nSPS) is 11.7. The largest absolute Gasteiger partial charge is 0.326 e. The summed E-state index contributed by atoms with van der Waals surface area (Å²) in [5, 5.41) is 9.37. The number of amides is 2. The molecule has 2 aromatic carbocycles. The molecule has 0 aliphatic rings. The zero-order valence-corrected chi connectivity index (χ0v) is 17.8. The minimum Gasteiger partial charge on any atom is -0.326 e. The number of rotatable bonds is 6. The van der Waals surface area contributed by atoms with Crippen LogP contribution in [0.5, 0.6) is 0 Å². The second-order valence-corrected chi connectivity index (χ2v) is 7.22. The maximum atomic E-state index is 13.9. The van der Waals surface area contributed by atoms with Crippen LogP contribution in [0.3, 0.4) is 0 Å². The summed E-state index contributed by atoms with van der Waals surface area (Å²) in [5.41, 5.74) is 1.62. The lowest BCUT2D eigenvalue weighted by Crippen LogP contribution is -2.33. The second-order valence-electron chi connectivity index (χ2n) is 7.22. The zero-order chi connectivity index (χ0) is 23.4. The van der Waals surface area contributed by atoms with Gasteiger partial charge in [-0.3, -0.25) is 14.4 Å². The van der Waals surface area contributed by atoms with E-state index in [1.807, 2.05) is 6.92 Å². The molecule has 0 spiro atoms. The van der Waals surface area contributed by atoms with Gasteiger partial charge in [0.15, 0.2) is 0 Å². The Morgan fingerprint density at radius 1 is 1.03 bits per heavy atom. The van der Waals surface area contributed by atoms with Gasteiger partial charge in [0.25, 0.3) is 5.56 Å². The standard InChI is InChI=1S/C23H22F2N4O3/c1-4-21(30)26-19-11-15(6-5-13(19)2)18-9-10-22(31)29(28-18)14(3)23(32)27-20-12-16(24)7-8-17(20)25/h5-12,14H,4H2,1-3H3,(H,26,30)(H,27,32). The Hall–Kier alpha value is -3.88. The third kappa shape index (κ3) is 5.05. The van der Waals surface area contributed by atoms with E-state index in [9.17, 15) is 23.2 Å². The molecule has 1 unspecified atom stereocenters. The van der Waals surface area contributed by atoms with E-state index in [-0.39, 0.29) is 11.6 Å². The molecule has 1 atom stereocenters. The van der Waals surface area contributed by atoms with Gasteiger partial charge >= 0.3 is 0 Å². The highest BCUT2D eigenvalue weighted by molar-refractivity contribution is 5.93. The molecular weight excluding hydrogens is 418 g/mol. The minimum absolute atomic E-state index is 0.141. The summed E-state index contributed by atoms with van der Waals surface area (Å²) < 4.78 is 28.2. The van der Waals surface area contributed by atoms with Crippen LogP contribution in [0.2, 0.25) is 0 Å². The number of benzene rings is 2. The summed E-state index contributed by atoms with van der Waals surface area (Å²) in [6.07, 6.45) is 0.325.